The van der Waals surface area contributed by atoms with Gasteiger partial charge in [0.15, 0.2) is 0 Å². The van der Waals surface area contributed by atoms with Crippen LogP contribution in [-0.4, -0.2) is 0 Å². The summed E-state index contributed by atoms with van der Waals surface area (Å²) >= 11 is 3.42. The second kappa shape index (κ2) is 5.63. The first kappa shape index (κ1) is 13.2. The predicted molar refractivity (Wildman–Crippen MR) is 75.9 cm³/mol. The number of nitrogens with two attached hydrogens (primary N) is 1. The number of rotatable bonds is 3. The molecule has 2 rings (SSSR count). The Morgan fingerprint density at radius 3 is 2.50 bits per heavy atom. The lowest BCUT2D eigenvalue weighted by Crippen LogP contribution is -2.13. The van der Waals surface area contributed by atoms with Gasteiger partial charge in [0.2, 0.25) is 0 Å². The van der Waals surface area contributed by atoms with E-state index in [-0.39, 0.29) is 11.9 Å². The molecular weight excluding hydrogens is 293 g/mol. The third kappa shape index (κ3) is 3.18. The average molecular weight is 308 g/mol. The fraction of sp³-hybridized carbons (Fsp3) is 0.200. The van der Waals surface area contributed by atoms with Crippen molar-refractivity contribution in [3.8, 4) is 0 Å². The molecule has 1 unspecified atom stereocenters. The fourth-order valence-electron chi connectivity index (χ4n) is 1.87. The third-order valence-corrected chi connectivity index (χ3v) is 3.73. The Morgan fingerprint density at radius 2 is 1.83 bits per heavy atom. The molecule has 0 aliphatic heterocycles. The molecule has 0 saturated heterocycles. The van der Waals surface area contributed by atoms with Gasteiger partial charge in [-0.3, -0.25) is 0 Å². The van der Waals surface area contributed by atoms with E-state index < -0.39 is 0 Å². The molecule has 2 aromatic rings. The van der Waals surface area contributed by atoms with Gasteiger partial charge in [0.1, 0.15) is 5.82 Å². The van der Waals surface area contributed by atoms with Crippen molar-refractivity contribution in [1.82, 2.24) is 0 Å². The zero-order chi connectivity index (χ0) is 13.1. The van der Waals surface area contributed by atoms with Gasteiger partial charge < -0.3 is 5.73 Å². The molecule has 2 aromatic carbocycles. The minimum atomic E-state index is -0.232. The highest BCUT2D eigenvalue weighted by atomic mass is 79.9. The molecule has 1 atom stereocenters. The predicted octanol–water partition coefficient (Wildman–Crippen LogP) is 4.14. The topological polar surface area (TPSA) is 26.0 Å². The second-order valence-corrected chi connectivity index (χ2v) is 5.31. The first-order valence-corrected chi connectivity index (χ1v) is 6.61. The molecule has 0 saturated carbocycles. The number of aryl methyl sites for hydroxylation is 1. The van der Waals surface area contributed by atoms with Crippen LogP contribution in [0.1, 0.15) is 22.7 Å². The van der Waals surface area contributed by atoms with Crippen LogP contribution in [0.3, 0.4) is 0 Å². The highest BCUT2D eigenvalue weighted by Gasteiger charge is 2.10. The molecule has 0 amide bonds. The van der Waals surface area contributed by atoms with Gasteiger partial charge in [-0.25, -0.2) is 4.39 Å². The zero-order valence-corrected chi connectivity index (χ0v) is 11.7. The molecule has 2 N–H and O–H groups in total. The van der Waals surface area contributed by atoms with E-state index in [0.29, 0.717) is 6.42 Å². The summed E-state index contributed by atoms with van der Waals surface area (Å²) in [6.07, 6.45) is 0.613. The number of hydrogen-bond donors (Lipinski definition) is 1. The summed E-state index contributed by atoms with van der Waals surface area (Å²) < 4.78 is 14.1. The summed E-state index contributed by atoms with van der Waals surface area (Å²) in [5, 5.41) is 0. The Bertz CT molecular complexity index is 537. The van der Waals surface area contributed by atoms with Crippen molar-refractivity contribution < 1.29 is 4.39 Å². The van der Waals surface area contributed by atoms with Crippen LogP contribution in [0.25, 0.3) is 0 Å². The quantitative estimate of drug-likeness (QED) is 0.906. The van der Waals surface area contributed by atoms with Crippen LogP contribution in [0.5, 0.6) is 0 Å². The molecule has 0 heterocycles. The molecule has 0 fully saturated rings. The molecule has 3 heteroatoms. The smallest absolute Gasteiger partial charge is 0.123 e. The van der Waals surface area contributed by atoms with Gasteiger partial charge in [0.25, 0.3) is 0 Å². The Balaban J connectivity index is 2.18. The van der Waals surface area contributed by atoms with Crippen LogP contribution in [-0.2, 0) is 6.42 Å². The van der Waals surface area contributed by atoms with Gasteiger partial charge in [-0.15, -0.1) is 0 Å². The maximum Gasteiger partial charge on any atom is 0.123 e. The molecule has 0 radical (unpaired) electrons. The molecule has 94 valence electrons. The van der Waals surface area contributed by atoms with Crippen molar-refractivity contribution in [3.63, 3.8) is 0 Å². The van der Waals surface area contributed by atoms with Gasteiger partial charge in [0.05, 0.1) is 0 Å². The summed E-state index contributed by atoms with van der Waals surface area (Å²) in [5.74, 6) is -0.232. The Hall–Kier alpha value is -1.19. The molecular formula is C15H15BrFN. The Morgan fingerprint density at radius 1 is 1.17 bits per heavy atom. The van der Waals surface area contributed by atoms with E-state index in [4.69, 9.17) is 5.73 Å². The van der Waals surface area contributed by atoms with E-state index in [1.807, 2.05) is 31.2 Å². The highest BCUT2D eigenvalue weighted by molar-refractivity contribution is 9.10. The molecule has 0 spiro atoms. The van der Waals surface area contributed by atoms with Crippen molar-refractivity contribution in [2.24, 2.45) is 5.73 Å². The lowest BCUT2D eigenvalue weighted by atomic mass is 9.99. The van der Waals surface area contributed by atoms with Crippen molar-refractivity contribution >= 4 is 15.9 Å². The van der Waals surface area contributed by atoms with Crippen LogP contribution in [0, 0.1) is 12.7 Å². The van der Waals surface area contributed by atoms with Gasteiger partial charge in [0, 0.05) is 10.5 Å². The monoisotopic (exact) mass is 307 g/mol. The average Bonchev–Trinajstić information content (AvgIpc) is 2.34. The number of halogens is 2. The molecule has 0 aliphatic carbocycles. The number of hydrogen-bond acceptors (Lipinski definition) is 1. The van der Waals surface area contributed by atoms with Crippen LogP contribution in [0.4, 0.5) is 4.39 Å². The minimum absolute atomic E-state index is 0.122. The molecule has 0 aliphatic rings. The van der Waals surface area contributed by atoms with Crippen molar-refractivity contribution in [2.45, 2.75) is 19.4 Å². The molecule has 0 aromatic heterocycles. The normalized spacial score (nSPS) is 12.4. The number of benzene rings is 2. The van der Waals surface area contributed by atoms with Crippen molar-refractivity contribution in [3.05, 3.63) is 69.4 Å². The SMILES string of the molecule is Cc1ccc(C(N)Cc2cc(F)ccc2Br)cc1. The van der Waals surface area contributed by atoms with Crippen LogP contribution in [0.15, 0.2) is 46.9 Å². The summed E-state index contributed by atoms with van der Waals surface area (Å²) in [7, 11) is 0. The zero-order valence-electron chi connectivity index (χ0n) is 10.2. The van der Waals surface area contributed by atoms with Crippen molar-refractivity contribution in [1.29, 1.82) is 0 Å². The van der Waals surface area contributed by atoms with E-state index in [9.17, 15) is 4.39 Å². The van der Waals surface area contributed by atoms with Gasteiger partial charge >= 0.3 is 0 Å². The first-order valence-electron chi connectivity index (χ1n) is 5.82. The van der Waals surface area contributed by atoms with E-state index in [2.05, 4.69) is 15.9 Å². The van der Waals surface area contributed by atoms with Crippen molar-refractivity contribution in [2.75, 3.05) is 0 Å². The van der Waals surface area contributed by atoms with Gasteiger partial charge in [-0.05, 0) is 42.7 Å². The van der Waals surface area contributed by atoms with Gasteiger partial charge in [-0.2, -0.15) is 0 Å². The second-order valence-electron chi connectivity index (χ2n) is 4.46. The lowest BCUT2D eigenvalue weighted by molar-refractivity contribution is 0.621. The van der Waals surface area contributed by atoms with Crippen LogP contribution < -0.4 is 5.73 Å². The maximum absolute atomic E-state index is 13.2. The summed E-state index contributed by atoms with van der Waals surface area (Å²) in [6, 6.07) is 12.7. The van der Waals surface area contributed by atoms with Crippen LogP contribution in [0.2, 0.25) is 0 Å². The standard InChI is InChI=1S/C15H15BrFN/c1-10-2-4-11(5-3-10)15(18)9-12-8-13(17)6-7-14(12)16/h2-8,15H,9,18H2,1H3. The summed E-state index contributed by atoms with van der Waals surface area (Å²) in [6.45, 7) is 2.04. The largest absolute Gasteiger partial charge is 0.324 e. The van der Waals surface area contributed by atoms with Gasteiger partial charge in [-0.1, -0.05) is 45.8 Å². The van der Waals surface area contributed by atoms with E-state index in [1.54, 1.807) is 6.07 Å². The summed E-state index contributed by atoms with van der Waals surface area (Å²) in [5.41, 5.74) is 9.32. The fourth-order valence-corrected chi connectivity index (χ4v) is 2.28. The Kier molecular flexibility index (Phi) is 4.15. The molecule has 18 heavy (non-hydrogen) atoms. The van der Waals surface area contributed by atoms with E-state index >= 15 is 0 Å². The van der Waals surface area contributed by atoms with E-state index in [1.165, 1.54) is 17.7 Å². The highest BCUT2D eigenvalue weighted by Crippen LogP contribution is 2.23. The Labute approximate surface area is 115 Å². The molecule has 1 nitrogen and oxygen atoms in total. The third-order valence-electron chi connectivity index (χ3n) is 2.95. The van der Waals surface area contributed by atoms with Crippen LogP contribution >= 0.6 is 15.9 Å². The first-order chi connectivity index (χ1) is 8.56. The summed E-state index contributed by atoms with van der Waals surface area (Å²) in [4.78, 5) is 0. The minimum Gasteiger partial charge on any atom is -0.324 e. The lowest BCUT2D eigenvalue weighted by Gasteiger charge is -2.13. The maximum atomic E-state index is 13.2. The molecule has 0 bridgehead atoms. The van der Waals surface area contributed by atoms with E-state index in [0.717, 1.165) is 15.6 Å².